The van der Waals surface area contributed by atoms with Crippen LogP contribution in [-0.4, -0.2) is 24.2 Å². The van der Waals surface area contributed by atoms with Crippen LogP contribution in [0.4, 0.5) is 0 Å². The summed E-state index contributed by atoms with van der Waals surface area (Å²) < 4.78 is 23.7. The Morgan fingerprint density at radius 2 is 1.79 bits per heavy atom. The fourth-order valence-corrected chi connectivity index (χ4v) is 3.84. The molecular formula is C15H23BrO2S. The number of hydrogen-bond acceptors (Lipinski definition) is 2. The maximum absolute atomic E-state index is 12.2. The average Bonchev–Trinajstić information content (AvgIpc) is 2.30. The van der Waals surface area contributed by atoms with Crippen molar-refractivity contribution in [2.24, 2.45) is 0 Å². The molecule has 0 saturated heterocycles. The van der Waals surface area contributed by atoms with E-state index in [4.69, 9.17) is 0 Å². The second kappa shape index (κ2) is 6.40. The minimum absolute atomic E-state index is 0.237. The first-order chi connectivity index (χ1) is 8.69. The summed E-state index contributed by atoms with van der Waals surface area (Å²) in [5.74, 6) is 0.486. The predicted octanol–water partition coefficient (Wildman–Crippen LogP) is 4.08. The second-order valence-electron chi connectivity index (χ2n) is 5.93. The van der Waals surface area contributed by atoms with Crippen LogP contribution in [-0.2, 0) is 9.84 Å². The van der Waals surface area contributed by atoms with Crippen molar-refractivity contribution in [3.63, 3.8) is 0 Å². The first-order valence-corrected chi connectivity index (χ1v) is 9.30. The van der Waals surface area contributed by atoms with Gasteiger partial charge in [-0.15, -0.1) is 0 Å². The molecule has 2 nitrogen and oxygen atoms in total. The monoisotopic (exact) mass is 346 g/mol. The minimum atomic E-state index is -3.04. The molecule has 0 amide bonds. The topological polar surface area (TPSA) is 34.1 Å². The van der Waals surface area contributed by atoms with Crippen LogP contribution in [0.25, 0.3) is 0 Å². The third-order valence-corrected chi connectivity index (χ3v) is 6.90. The summed E-state index contributed by atoms with van der Waals surface area (Å²) in [7, 11) is -3.04. The van der Waals surface area contributed by atoms with Crippen molar-refractivity contribution in [3.05, 3.63) is 35.4 Å². The molecule has 0 saturated carbocycles. The van der Waals surface area contributed by atoms with Crippen LogP contribution in [0.2, 0.25) is 0 Å². The van der Waals surface area contributed by atoms with Gasteiger partial charge in [0.1, 0.15) is 0 Å². The van der Waals surface area contributed by atoms with Crippen molar-refractivity contribution in [1.29, 1.82) is 0 Å². The Morgan fingerprint density at radius 1 is 1.21 bits per heavy atom. The first-order valence-electron chi connectivity index (χ1n) is 6.53. The lowest BCUT2D eigenvalue weighted by Gasteiger charge is -2.22. The highest BCUT2D eigenvalue weighted by Gasteiger charge is 2.29. The summed E-state index contributed by atoms with van der Waals surface area (Å²) in [6.45, 7) is 7.36. The van der Waals surface area contributed by atoms with Crippen molar-refractivity contribution in [1.82, 2.24) is 0 Å². The van der Waals surface area contributed by atoms with Gasteiger partial charge in [0.25, 0.3) is 0 Å². The molecule has 1 unspecified atom stereocenters. The van der Waals surface area contributed by atoms with E-state index in [1.54, 1.807) is 20.8 Å². The fourth-order valence-electron chi connectivity index (χ4n) is 1.96. The molecule has 0 spiro atoms. The largest absolute Gasteiger partial charge is 0.228 e. The number of halogens is 1. The molecule has 0 aliphatic carbocycles. The summed E-state index contributed by atoms with van der Waals surface area (Å²) in [4.78, 5) is 0. The number of alkyl halides is 1. The molecule has 0 N–H and O–H groups in total. The van der Waals surface area contributed by atoms with Crippen LogP contribution in [0.1, 0.15) is 44.2 Å². The molecule has 0 aliphatic rings. The van der Waals surface area contributed by atoms with Gasteiger partial charge in [-0.25, -0.2) is 8.42 Å². The summed E-state index contributed by atoms with van der Waals surface area (Å²) in [5.41, 5.74) is 2.46. The van der Waals surface area contributed by atoms with Gasteiger partial charge in [-0.3, -0.25) is 0 Å². The second-order valence-corrected chi connectivity index (χ2v) is 9.44. The number of sulfone groups is 1. The van der Waals surface area contributed by atoms with Crippen LogP contribution < -0.4 is 0 Å². The molecule has 0 aliphatic heterocycles. The number of benzene rings is 1. The summed E-state index contributed by atoms with van der Waals surface area (Å²) in [5, 5.41) is 0.789. The number of hydrogen-bond donors (Lipinski definition) is 0. The summed E-state index contributed by atoms with van der Waals surface area (Å²) >= 11 is 3.51. The van der Waals surface area contributed by atoms with Gasteiger partial charge < -0.3 is 0 Å². The maximum Gasteiger partial charge on any atom is 0.155 e. The lowest BCUT2D eigenvalue weighted by Crippen LogP contribution is -2.31. The van der Waals surface area contributed by atoms with E-state index in [-0.39, 0.29) is 11.7 Å². The van der Waals surface area contributed by atoms with Gasteiger partial charge in [-0.1, -0.05) is 40.2 Å². The fraction of sp³-hybridized carbons (Fsp3) is 0.600. The molecule has 0 bridgehead atoms. The van der Waals surface area contributed by atoms with E-state index in [0.29, 0.717) is 6.42 Å². The standard InChI is InChI=1S/C15H23BrO2S/c1-12-7-5-6-8-14(12)13(11-16)9-10-19(17,18)15(2,3)4/h5-8,13H,9-11H2,1-4H3. The van der Waals surface area contributed by atoms with E-state index in [1.165, 1.54) is 11.1 Å². The maximum atomic E-state index is 12.2. The normalized spacial score (nSPS) is 14.4. The lowest BCUT2D eigenvalue weighted by atomic mass is 9.94. The van der Waals surface area contributed by atoms with Crippen molar-refractivity contribution in [2.45, 2.75) is 44.8 Å². The van der Waals surface area contributed by atoms with Crippen LogP contribution in [0.15, 0.2) is 24.3 Å². The van der Waals surface area contributed by atoms with Crippen LogP contribution in [0, 0.1) is 6.92 Å². The Balaban J connectivity index is 2.84. The van der Waals surface area contributed by atoms with Gasteiger partial charge in [-0.05, 0) is 51.2 Å². The molecule has 0 aromatic heterocycles. The van der Waals surface area contributed by atoms with Crippen LogP contribution >= 0.6 is 15.9 Å². The molecule has 1 aromatic carbocycles. The summed E-state index contributed by atoms with van der Waals surface area (Å²) in [6, 6.07) is 8.18. The van der Waals surface area contributed by atoms with E-state index in [2.05, 4.69) is 35.0 Å². The van der Waals surface area contributed by atoms with Gasteiger partial charge in [0.2, 0.25) is 0 Å². The highest BCUT2D eigenvalue weighted by atomic mass is 79.9. The van der Waals surface area contributed by atoms with Gasteiger partial charge >= 0.3 is 0 Å². The van der Waals surface area contributed by atoms with E-state index >= 15 is 0 Å². The Hall–Kier alpha value is -0.350. The average molecular weight is 347 g/mol. The predicted molar refractivity (Wildman–Crippen MR) is 85.9 cm³/mol. The molecule has 1 atom stereocenters. The van der Waals surface area contributed by atoms with E-state index in [0.717, 1.165) is 5.33 Å². The van der Waals surface area contributed by atoms with Crippen molar-refractivity contribution in [3.8, 4) is 0 Å². The molecular weight excluding hydrogens is 324 g/mol. The smallest absolute Gasteiger partial charge is 0.155 e. The van der Waals surface area contributed by atoms with E-state index in [9.17, 15) is 8.42 Å². The Morgan fingerprint density at radius 3 is 2.26 bits per heavy atom. The van der Waals surface area contributed by atoms with Gasteiger partial charge in [0.05, 0.1) is 10.5 Å². The zero-order chi connectivity index (χ0) is 14.7. The van der Waals surface area contributed by atoms with Gasteiger partial charge in [-0.2, -0.15) is 0 Å². The zero-order valence-corrected chi connectivity index (χ0v) is 14.5. The molecule has 19 heavy (non-hydrogen) atoms. The van der Waals surface area contributed by atoms with Crippen molar-refractivity contribution >= 4 is 25.8 Å². The molecule has 108 valence electrons. The molecule has 0 heterocycles. The van der Waals surface area contributed by atoms with Crippen molar-refractivity contribution < 1.29 is 8.42 Å². The molecule has 4 heteroatoms. The first kappa shape index (κ1) is 16.7. The lowest BCUT2D eigenvalue weighted by molar-refractivity contribution is 0.554. The number of rotatable bonds is 5. The van der Waals surface area contributed by atoms with E-state index < -0.39 is 14.6 Å². The summed E-state index contributed by atoms with van der Waals surface area (Å²) in [6.07, 6.45) is 0.662. The minimum Gasteiger partial charge on any atom is -0.228 e. The Labute approximate surface area is 125 Å². The molecule has 1 aromatic rings. The van der Waals surface area contributed by atoms with E-state index in [1.807, 2.05) is 12.1 Å². The highest BCUT2D eigenvalue weighted by molar-refractivity contribution is 9.09. The van der Waals surface area contributed by atoms with Crippen molar-refractivity contribution in [2.75, 3.05) is 11.1 Å². The molecule has 0 radical (unpaired) electrons. The van der Waals surface area contributed by atoms with Gasteiger partial charge in [0.15, 0.2) is 9.84 Å². The molecule has 1 rings (SSSR count). The molecule has 0 fully saturated rings. The SMILES string of the molecule is Cc1ccccc1C(CBr)CCS(=O)(=O)C(C)(C)C. The van der Waals surface area contributed by atoms with Gasteiger partial charge in [0, 0.05) is 5.33 Å². The Kier molecular flexibility index (Phi) is 5.63. The quantitative estimate of drug-likeness (QED) is 0.752. The zero-order valence-electron chi connectivity index (χ0n) is 12.1. The third kappa shape index (κ3) is 4.32. The third-order valence-electron chi connectivity index (χ3n) is 3.48. The highest BCUT2D eigenvalue weighted by Crippen LogP contribution is 2.27. The van der Waals surface area contributed by atoms with Crippen LogP contribution in [0.5, 0.6) is 0 Å². The van der Waals surface area contributed by atoms with Crippen LogP contribution in [0.3, 0.4) is 0 Å². The Bertz CT molecular complexity index is 515. The number of aryl methyl sites for hydroxylation is 1.